The van der Waals surface area contributed by atoms with E-state index in [1.54, 1.807) is 6.92 Å². The molecule has 1 aromatic rings. The largest absolute Gasteiger partial charge is 0.332 e. The number of thiocarbonyl (C=S) groups is 1. The van der Waals surface area contributed by atoms with Crippen LogP contribution in [0.2, 0.25) is 0 Å². The number of rotatable bonds is 3. The van der Waals surface area contributed by atoms with Crippen LogP contribution in [-0.2, 0) is 10.2 Å². The first-order valence-electron chi connectivity index (χ1n) is 7.22. The molecule has 0 atom stereocenters. The second-order valence-electron chi connectivity index (χ2n) is 5.33. The van der Waals surface area contributed by atoms with Crippen LogP contribution in [0, 0.1) is 11.3 Å². The molecule has 1 aliphatic carbocycles. The van der Waals surface area contributed by atoms with Crippen molar-refractivity contribution in [2.24, 2.45) is 0 Å². The zero-order valence-electron chi connectivity index (χ0n) is 12.1. The molecule has 1 aromatic carbocycles. The Kier molecular flexibility index (Phi) is 4.92. The first-order valence-corrected chi connectivity index (χ1v) is 7.63. The number of hydrogen-bond acceptors (Lipinski definition) is 3. The van der Waals surface area contributed by atoms with Crippen LogP contribution in [0.3, 0.4) is 0 Å². The second-order valence-corrected chi connectivity index (χ2v) is 5.74. The summed E-state index contributed by atoms with van der Waals surface area (Å²) >= 11 is 5.07. The number of carbonyl (C=O) groups is 1. The Labute approximate surface area is 130 Å². The summed E-state index contributed by atoms with van der Waals surface area (Å²) in [4.78, 5) is 11.2. The van der Waals surface area contributed by atoms with Gasteiger partial charge in [0.2, 0.25) is 5.91 Å². The number of hydrogen-bond donors (Lipinski definition) is 2. The lowest BCUT2D eigenvalue weighted by atomic mass is 9.80. The molecular weight excluding hydrogens is 282 g/mol. The number of nitrogens with one attached hydrogen (secondary N) is 2. The van der Waals surface area contributed by atoms with Gasteiger partial charge in [0.15, 0.2) is 5.11 Å². The van der Waals surface area contributed by atoms with Gasteiger partial charge >= 0.3 is 0 Å². The maximum Gasteiger partial charge on any atom is 0.225 e. The molecule has 110 valence electrons. The number of benzene rings is 1. The Hall–Kier alpha value is -1.93. The minimum Gasteiger partial charge on any atom is -0.332 e. The van der Waals surface area contributed by atoms with E-state index in [1.807, 2.05) is 24.3 Å². The Bertz CT molecular complexity index is 568. The molecule has 2 rings (SSSR count). The van der Waals surface area contributed by atoms with Crippen molar-refractivity contribution in [1.29, 1.82) is 5.26 Å². The summed E-state index contributed by atoms with van der Waals surface area (Å²) in [6.07, 6.45) is 4.48. The number of nitrogens with zero attached hydrogens (tertiary/aromatic N) is 1. The Morgan fingerprint density at radius 3 is 2.48 bits per heavy atom. The molecular formula is C16H19N3OS. The maximum absolute atomic E-state index is 11.2. The number of nitriles is 1. The topological polar surface area (TPSA) is 64.9 Å². The third-order valence-corrected chi connectivity index (χ3v) is 4.14. The fourth-order valence-electron chi connectivity index (χ4n) is 2.69. The molecule has 1 saturated carbocycles. The fourth-order valence-corrected chi connectivity index (χ4v) is 2.93. The number of carbonyl (C=O) groups excluding carboxylic acids is 1. The van der Waals surface area contributed by atoms with Gasteiger partial charge in [-0.15, -0.1) is 0 Å². The van der Waals surface area contributed by atoms with Crippen molar-refractivity contribution in [2.75, 3.05) is 5.32 Å². The lowest BCUT2D eigenvalue weighted by Crippen LogP contribution is -2.33. The molecule has 0 spiro atoms. The van der Waals surface area contributed by atoms with Gasteiger partial charge in [-0.05, 0) is 42.8 Å². The molecule has 0 radical (unpaired) electrons. The summed E-state index contributed by atoms with van der Waals surface area (Å²) in [6, 6.07) is 10.2. The Balaban J connectivity index is 2.04. The van der Waals surface area contributed by atoms with Crippen molar-refractivity contribution in [3.8, 4) is 6.07 Å². The van der Waals surface area contributed by atoms with Crippen LogP contribution in [-0.4, -0.2) is 11.0 Å². The summed E-state index contributed by atoms with van der Waals surface area (Å²) < 4.78 is 0. The average molecular weight is 301 g/mol. The smallest absolute Gasteiger partial charge is 0.225 e. The lowest BCUT2D eigenvalue weighted by Gasteiger charge is -2.21. The van der Waals surface area contributed by atoms with E-state index in [1.165, 1.54) is 0 Å². The minimum absolute atomic E-state index is 0.112. The van der Waals surface area contributed by atoms with E-state index < -0.39 is 0 Å². The molecule has 2 N–H and O–H groups in total. The third kappa shape index (κ3) is 3.59. The van der Waals surface area contributed by atoms with Gasteiger partial charge in [0.25, 0.3) is 0 Å². The van der Waals surface area contributed by atoms with Crippen molar-refractivity contribution in [1.82, 2.24) is 5.32 Å². The van der Waals surface area contributed by atoms with E-state index >= 15 is 0 Å². The lowest BCUT2D eigenvalue weighted by molar-refractivity contribution is -0.119. The molecule has 5 heteroatoms. The molecule has 21 heavy (non-hydrogen) atoms. The van der Waals surface area contributed by atoms with Gasteiger partial charge in [0, 0.05) is 12.1 Å². The average Bonchev–Trinajstić information content (AvgIpc) is 2.98. The third-order valence-electron chi connectivity index (χ3n) is 3.94. The van der Waals surface area contributed by atoms with Crippen LogP contribution < -0.4 is 10.6 Å². The highest BCUT2D eigenvalue weighted by atomic mass is 32.1. The quantitative estimate of drug-likeness (QED) is 0.841. The van der Waals surface area contributed by atoms with Crippen molar-refractivity contribution in [3.63, 3.8) is 0 Å². The van der Waals surface area contributed by atoms with E-state index in [0.29, 0.717) is 11.5 Å². The first-order chi connectivity index (χ1) is 10.1. The van der Waals surface area contributed by atoms with E-state index in [4.69, 9.17) is 12.2 Å². The summed E-state index contributed by atoms with van der Waals surface area (Å²) in [5.41, 5.74) is 1.55. The predicted octanol–water partition coefficient (Wildman–Crippen LogP) is 3.24. The van der Waals surface area contributed by atoms with Crippen molar-refractivity contribution in [3.05, 3.63) is 29.8 Å². The molecule has 0 aliphatic heterocycles. The van der Waals surface area contributed by atoms with Crippen LogP contribution in [0.25, 0.3) is 0 Å². The van der Waals surface area contributed by atoms with Gasteiger partial charge in [0.05, 0.1) is 11.5 Å². The van der Waals surface area contributed by atoms with Crippen molar-refractivity contribution in [2.45, 2.75) is 44.4 Å². The zero-order chi connectivity index (χ0) is 15.3. The standard InChI is InChI=1S/C16H19N3OS/c1-2-14(20)19-15(21)18-13-7-5-12(6-8-13)16(11-17)9-3-4-10-16/h5-8H,2-4,9-10H2,1H3,(H2,18,19,20,21). The van der Waals surface area contributed by atoms with Gasteiger partial charge in [-0.25, -0.2) is 0 Å². The van der Waals surface area contributed by atoms with Crippen LogP contribution in [0.5, 0.6) is 0 Å². The van der Waals surface area contributed by atoms with Crippen LogP contribution in [0.1, 0.15) is 44.6 Å². The van der Waals surface area contributed by atoms with E-state index in [9.17, 15) is 10.1 Å². The summed E-state index contributed by atoms with van der Waals surface area (Å²) in [5, 5.41) is 15.3. The zero-order valence-corrected chi connectivity index (χ0v) is 12.9. The van der Waals surface area contributed by atoms with Gasteiger partial charge in [0.1, 0.15) is 0 Å². The van der Waals surface area contributed by atoms with E-state index in [-0.39, 0.29) is 11.3 Å². The summed E-state index contributed by atoms with van der Waals surface area (Å²) in [5.74, 6) is -0.112. The van der Waals surface area contributed by atoms with E-state index in [0.717, 1.165) is 36.9 Å². The molecule has 1 fully saturated rings. The molecule has 1 aliphatic rings. The summed E-state index contributed by atoms with van der Waals surface area (Å²) in [6.45, 7) is 1.77. The van der Waals surface area contributed by atoms with Crippen LogP contribution in [0.15, 0.2) is 24.3 Å². The molecule has 0 saturated heterocycles. The minimum atomic E-state index is -0.324. The molecule has 0 aromatic heterocycles. The molecule has 0 heterocycles. The predicted molar refractivity (Wildman–Crippen MR) is 86.9 cm³/mol. The van der Waals surface area contributed by atoms with Crippen molar-refractivity contribution < 1.29 is 4.79 Å². The second kappa shape index (κ2) is 6.68. The molecule has 4 nitrogen and oxygen atoms in total. The van der Waals surface area contributed by atoms with Gasteiger partial charge in [-0.1, -0.05) is 31.9 Å². The maximum atomic E-state index is 11.2. The molecule has 1 amide bonds. The van der Waals surface area contributed by atoms with Gasteiger partial charge < -0.3 is 10.6 Å². The monoisotopic (exact) mass is 301 g/mol. The van der Waals surface area contributed by atoms with Crippen molar-refractivity contribution >= 4 is 28.9 Å². The number of anilines is 1. The summed E-state index contributed by atoms with van der Waals surface area (Å²) in [7, 11) is 0. The van der Waals surface area contributed by atoms with Crippen LogP contribution in [0.4, 0.5) is 5.69 Å². The van der Waals surface area contributed by atoms with Gasteiger partial charge in [-0.3, -0.25) is 4.79 Å². The number of amides is 1. The highest BCUT2D eigenvalue weighted by Gasteiger charge is 2.35. The highest BCUT2D eigenvalue weighted by molar-refractivity contribution is 7.80. The highest BCUT2D eigenvalue weighted by Crippen LogP contribution is 2.40. The SMILES string of the molecule is CCC(=O)NC(=S)Nc1ccc(C2(C#N)CCCC2)cc1. The van der Waals surface area contributed by atoms with Gasteiger partial charge in [-0.2, -0.15) is 5.26 Å². The molecule has 0 bridgehead atoms. The van der Waals surface area contributed by atoms with E-state index in [2.05, 4.69) is 16.7 Å². The molecule has 0 unspecified atom stereocenters. The normalized spacial score (nSPS) is 16.0. The van der Waals surface area contributed by atoms with Crippen LogP contribution >= 0.6 is 12.2 Å². The first kappa shape index (κ1) is 15.5. The Morgan fingerprint density at radius 2 is 1.95 bits per heavy atom. The fraction of sp³-hybridized carbons (Fsp3) is 0.438. The Morgan fingerprint density at radius 1 is 1.33 bits per heavy atom.